The van der Waals surface area contributed by atoms with Gasteiger partial charge in [-0.25, -0.2) is 0 Å². The fourth-order valence-electron chi connectivity index (χ4n) is 0.988. The first-order chi connectivity index (χ1) is 5.20. The van der Waals surface area contributed by atoms with Crippen molar-refractivity contribution < 1.29 is 0 Å². The Balaban J connectivity index is 3.28. The quantitative estimate of drug-likeness (QED) is 0.568. The summed E-state index contributed by atoms with van der Waals surface area (Å²) in [6, 6.07) is 0. The summed E-state index contributed by atoms with van der Waals surface area (Å²) in [5.41, 5.74) is 1.76. The van der Waals surface area contributed by atoms with Gasteiger partial charge in [0.15, 0.2) is 0 Å². The minimum Gasteiger partial charge on any atom is -0.369 e. The molecule has 0 atom stereocenters. The van der Waals surface area contributed by atoms with Crippen LogP contribution in [0.15, 0.2) is 0 Å². The maximum atomic E-state index is 4.85. The summed E-state index contributed by atoms with van der Waals surface area (Å²) < 4.78 is 0. The molecule has 0 saturated carbocycles. The summed E-state index contributed by atoms with van der Waals surface area (Å²) >= 11 is 4.85. The van der Waals surface area contributed by atoms with Crippen LogP contribution in [-0.2, 0) is 0 Å². The van der Waals surface area contributed by atoms with Gasteiger partial charge in [0.2, 0.25) is 0 Å². The summed E-state index contributed by atoms with van der Waals surface area (Å²) in [5.74, 6) is 0.818. The zero-order valence-corrected chi connectivity index (χ0v) is 8.66. The Labute approximate surface area is 75.8 Å². The third-order valence-electron chi connectivity index (χ3n) is 1.78. The average molecular weight is 173 g/mol. The van der Waals surface area contributed by atoms with E-state index in [-0.39, 0.29) is 0 Å². The van der Waals surface area contributed by atoms with Gasteiger partial charge in [0.25, 0.3) is 0 Å². The monoisotopic (exact) mass is 173 g/mol. The topological polar surface area (TPSA) is 3.24 Å². The van der Waals surface area contributed by atoms with Crippen LogP contribution in [0, 0.1) is 5.92 Å². The van der Waals surface area contributed by atoms with Crippen molar-refractivity contribution in [1.29, 1.82) is 0 Å². The number of hydrogen-bond acceptors (Lipinski definition) is 1. The highest BCUT2D eigenvalue weighted by Gasteiger charge is 1.97. The lowest BCUT2D eigenvalue weighted by Crippen LogP contribution is -2.21. The van der Waals surface area contributed by atoms with Crippen molar-refractivity contribution in [3.05, 3.63) is 0 Å². The van der Waals surface area contributed by atoms with Crippen LogP contribution >= 0.6 is 12.2 Å². The van der Waals surface area contributed by atoms with Gasteiger partial charge in [0.1, 0.15) is 0 Å². The van der Waals surface area contributed by atoms with E-state index in [1.807, 2.05) is 0 Å². The SMILES string of the molecule is CCN(C=S)CCCC(C)C. The normalized spacial score (nSPS) is 10.2. The number of hydrogen-bond donors (Lipinski definition) is 0. The van der Waals surface area contributed by atoms with Gasteiger partial charge in [0.05, 0.1) is 5.49 Å². The molecule has 0 aromatic heterocycles. The number of thiocarbonyl (C=S) groups is 1. The third-order valence-corrected chi connectivity index (χ3v) is 2.08. The van der Waals surface area contributed by atoms with Crippen LogP contribution in [0.3, 0.4) is 0 Å². The van der Waals surface area contributed by atoms with Crippen molar-refractivity contribution in [3.63, 3.8) is 0 Å². The molecule has 0 N–H and O–H groups in total. The zero-order valence-electron chi connectivity index (χ0n) is 7.84. The Hall–Kier alpha value is -0.110. The second-order valence-corrected chi connectivity index (χ2v) is 3.48. The molecule has 0 aliphatic heterocycles. The molecule has 0 heterocycles. The van der Waals surface area contributed by atoms with Crippen molar-refractivity contribution >= 4 is 17.7 Å². The maximum Gasteiger partial charge on any atom is 0.0640 e. The van der Waals surface area contributed by atoms with Crippen molar-refractivity contribution in [2.45, 2.75) is 33.6 Å². The van der Waals surface area contributed by atoms with E-state index >= 15 is 0 Å². The summed E-state index contributed by atoms with van der Waals surface area (Å²) in [4.78, 5) is 2.18. The van der Waals surface area contributed by atoms with E-state index in [4.69, 9.17) is 12.2 Å². The zero-order chi connectivity index (χ0) is 8.69. The molecule has 66 valence electrons. The highest BCUT2D eigenvalue weighted by Crippen LogP contribution is 2.03. The van der Waals surface area contributed by atoms with Crippen LogP contribution < -0.4 is 0 Å². The lowest BCUT2D eigenvalue weighted by molar-refractivity contribution is 0.418. The smallest absolute Gasteiger partial charge is 0.0640 e. The Bertz CT molecular complexity index is 102. The Morgan fingerprint density at radius 2 is 2.09 bits per heavy atom. The van der Waals surface area contributed by atoms with E-state index in [0.29, 0.717) is 0 Å². The molecule has 0 aromatic rings. The van der Waals surface area contributed by atoms with Crippen LogP contribution in [0.5, 0.6) is 0 Å². The lowest BCUT2D eigenvalue weighted by atomic mass is 10.1. The van der Waals surface area contributed by atoms with Gasteiger partial charge in [0, 0.05) is 13.1 Å². The molecule has 0 saturated heterocycles. The Kier molecular flexibility index (Phi) is 6.52. The van der Waals surface area contributed by atoms with Crippen molar-refractivity contribution in [2.75, 3.05) is 13.1 Å². The molecule has 1 nitrogen and oxygen atoms in total. The van der Waals surface area contributed by atoms with Crippen molar-refractivity contribution in [1.82, 2.24) is 4.90 Å². The molecule has 0 spiro atoms. The minimum atomic E-state index is 0.818. The first-order valence-electron chi connectivity index (χ1n) is 4.40. The molecule has 0 aliphatic rings. The molecule has 0 bridgehead atoms. The Morgan fingerprint density at radius 1 is 1.45 bits per heavy atom. The average Bonchev–Trinajstić information content (AvgIpc) is 1.98. The minimum absolute atomic E-state index is 0.818. The largest absolute Gasteiger partial charge is 0.369 e. The van der Waals surface area contributed by atoms with Crippen LogP contribution in [-0.4, -0.2) is 23.5 Å². The van der Waals surface area contributed by atoms with Gasteiger partial charge in [-0.2, -0.15) is 0 Å². The lowest BCUT2D eigenvalue weighted by Gasteiger charge is -2.16. The second-order valence-electron chi connectivity index (χ2n) is 3.27. The van der Waals surface area contributed by atoms with E-state index in [1.54, 1.807) is 5.49 Å². The highest BCUT2D eigenvalue weighted by molar-refractivity contribution is 7.78. The molecule has 0 aliphatic carbocycles. The van der Waals surface area contributed by atoms with Crippen LogP contribution in [0.2, 0.25) is 0 Å². The second kappa shape index (κ2) is 6.59. The fourth-order valence-corrected chi connectivity index (χ4v) is 1.24. The third kappa shape index (κ3) is 6.29. The van der Waals surface area contributed by atoms with E-state index < -0.39 is 0 Å². The Morgan fingerprint density at radius 3 is 2.45 bits per heavy atom. The van der Waals surface area contributed by atoms with E-state index in [0.717, 1.165) is 19.0 Å². The van der Waals surface area contributed by atoms with Gasteiger partial charge < -0.3 is 4.90 Å². The van der Waals surface area contributed by atoms with Gasteiger partial charge in [-0.3, -0.25) is 0 Å². The molecule has 0 radical (unpaired) electrons. The van der Waals surface area contributed by atoms with Gasteiger partial charge >= 0.3 is 0 Å². The molecular formula is C9H19NS. The van der Waals surface area contributed by atoms with Crippen molar-refractivity contribution in [3.8, 4) is 0 Å². The van der Waals surface area contributed by atoms with Crippen LogP contribution in [0.4, 0.5) is 0 Å². The van der Waals surface area contributed by atoms with Gasteiger partial charge in [-0.1, -0.05) is 26.1 Å². The van der Waals surface area contributed by atoms with Crippen molar-refractivity contribution in [2.24, 2.45) is 5.92 Å². The maximum absolute atomic E-state index is 4.85. The first kappa shape index (κ1) is 10.9. The molecular weight excluding hydrogens is 154 g/mol. The summed E-state index contributed by atoms with van der Waals surface area (Å²) in [6.45, 7) is 8.82. The summed E-state index contributed by atoms with van der Waals surface area (Å²) in [5, 5.41) is 0. The number of nitrogens with zero attached hydrogens (tertiary/aromatic N) is 1. The summed E-state index contributed by atoms with van der Waals surface area (Å²) in [7, 11) is 0. The standard InChI is InChI=1S/C9H19NS/c1-4-10(8-11)7-5-6-9(2)3/h8-9H,4-7H2,1-3H3. The molecule has 0 aromatic carbocycles. The summed E-state index contributed by atoms with van der Waals surface area (Å²) in [6.07, 6.45) is 2.57. The first-order valence-corrected chi connectivity index (χ1v) is 4.87. The van der Waals surface area contributed by atoms with E-state index in [1.165, 1.54) is 12.8 Å². The predicted molar refractivity (Wildman–Crippen MR) is 55.0 cm³/mol. The van der Waals surface area contributed by atoms with E-state index in [9.17, 15) is 0 Å². The molecule has 0 unspecified atom stereocenters. The van der Waals surface area contributed by atoms with Crippen LogP contribution in [0.1, 0.15) is 33.6 Å². The molecule has 2 heteroatoms. The fraction of sp³-hybridized carbons (Fsp3) is 0.889. The number of rotatable bonds is 6. The van der Waals surface area contributed by atoms with E-state index in [2.05, 4.69) is 25.7 Å². The molecule has 11 heavy (non-hydrogen) atoms. The molecule has 0 rings (SSSR count). The molecule has 0 fully saturated rings. The van der Waals surface area contributed by atoms with Gasteiger partial charge in [-0.05, 0) is 25.7 Å². The molecule has 0 amide bonds. The van der Waals surface area contributed by atoms with Gasteiger partial charge in [-0.15, -0.1) is 0 Å². The van der Waals surface area contributed by atoms with Crippen LogP contribution in [0.25, 0.3) is 0 Å². The highest BCUT2D eigenvalue weighted by atomic mass is 32.1. The predicted octanol–water partition coefficient (Wildman–Crippen LogP) is 2.70.